The van der Waals surface area contributed by atoms with Crippen LogP contribution in [0.4, 0.5) is 0 Å². The first-order valence-electron chi connectivity index (χ1n) is 15.3. The third kappa shape index (κ3) is 7.95. The van der Waals surface area contributed by atoms with E-state index >= 15 is 0 Å². The third-order valence-electron chi connectivity index (χ3n) is 8.50. The Morgan fingerprint density at radius 3 is 1.93 bits per heavy atom. The lowest BCUT2D eigenvalue weighted by atomic mass is 9.93. The van der Waals surface area contributed by atoms with Crippen LogP contribution in [0.1, 0.15) is 76.5 Å². The van der Waals surface area contributed by atoms with Crippen LogP contribution < -0.4 is 16.4 Å². The fourth-order valence-electron chi connectivity index (χ4n) is 6.14. The predicted octanol–water partition coefficient (Wildman–Crippen LogP) is 3.62. The van der Waals surface area contributed by atoms with Gasteiger partial charge in [0.15, 0.2) is 0 Å². The number of nitrogens with one attached hydrogen (secondary N) is 2. The summed E-state index contributed by atoms with van der Waals surface area (Å²) in [5.41, 5.74) is 7.78. The number of nitrogens with two attached hydrogens (primary N) is 1. The molecule has 222 valence electrons. The average molecular weight is 562 g/mol. The Morgan fingerprint density at radius 2 is 1.39 bits per heavy atom. The van der Waals surface area contributed by atoms with Crippen molar-refractivity contribution in [3.63, 3.8) is 0 Å². The zero-order valence-electron chi connectivity index (χ0n) is 24.8. The molecule has 2 aliphatic rings. The lowest BCUT2D eigenvalue weighted by molar-refractivity contribution is -0.144. The lowest BCUT2D eigenvalue weighted by Crippen LogP contribution is -2.60. The minimum atomic E-state index is -0.760. The summed E-state index contributed by atoms with van der Waals surface area (Å²) in [4.78, 5) is 45.2. The van der Waals surface area contributed by atoms with Crippen LogP contribution >= 0.6 is 0 Å². The zero-order valence-corrected chi connectivity index (χ0v) is 24.8. The van der Waals surface area contributed by atoms with Crippen LogP contribution in [0.3, 0.4) is 0 Å². The second-order valence-electron chi connectivity index (χ2n) is 12.0. The SMILES string of the molecule is CC(C)[C@H](NC(=O)[C@H](C)N)C(=O)N1CCCN(C2CCCCC2)CC1C(=O)NC(c1ccccc1)c1ccccc1. The van der Waals surface area contributed by atoms with Crippen molar-refractivity contribution in [2.75, 3.05) is 19.6 Å². The van der Waals surface area contributed by atoms with Crippen molar-refractivity contribution in [2.24, 2.45) is 11.7 Å². The van der Waals surface area contributed by atoms with Gasteiger partial charge in [-0.2, -0.15) is 0 Å². The molecule has 3 atom stereocenters. The second-order valence-corrected chi connectivity index (χ2v) is 12.0. The van der Waals surface area contributed by atoms with Crippen molar-refractivity contribution in [1.29, 1.82) is 0 Å². The molecule has 41 heavy (non-hydrogen) atoms. The first-order valence-corrected chi connectivity index (χ1v) is 15.3. The minimum absolute atomic E-state index is 0.159. The number of hydrogen-bond donors (Lipinski definition) is 3. The van der Waals surface area contributed by atoms with Gasteiger partial charge in [0.05, 0.1) is 12.1 Å². The van der Waals surface area contributed by atoms with E-state index in [1.165, 1.54) is 19.3 Å². The molecule has 2 aromatic carbocycles. The highest BCUT2D eigenvalue weighted by Crippen LogP contribution is 2.27. The topological polar surface area (TPSA) is 108 Å². The monoisotopic (exact) mass is 561 g/mol. The van der Waals surface area contributed by atoms with E-state index in [4.69, 9.17) is 5.73 Å². The van der Waals surface area contributed by atoms with Crippen LogP contribution in [0.25, 0.3) is 0 Å². The minimum Gasteiger partial charge on any atom is -0.343 e. The van der Waals surface area contributed by atoms with E-state index in [2.05, 4.69) is 15.5 Å². The summed E-state index contributed by atoms with van der Waals surface area (Å²) in [5, 5.41) is 6.18. The Labute approximate surface area is 245 Å². The highest BCUT2D eigenvalue weighted by atomic mass is 16.2. The molecule has 2 fully saturated rings. The van der Waals surface area contributed by atoms with Crippen molar-refractivity contribution in [2.45, 2.75) is 89.5 Å². The molecule has 1 aliphatic carbocycles. The summed E-state index contributed by atoms with van der Waals surface area (Å²) in [6.45, 7) is 7.20. The molecule has 2 aromatic rings. The highest BCUT2D eigenvalue weighted by Gasteiger charge is 2.40. The number of rotatable bonds is 9. The molecule has 0 spiro atoms. The summed E-state index contributed by atoms with van der Waals surface area (Å²) < 4.78 is 0. The summed E-state index contributed by atoms with van der Waals surface area (Å²) in [7, 11) is 0. The number of amides is 3. The largest absolute Gasteiger partial charge is 0.343 e. The summed E-state index contributed by atoms with van der Waals surface area (Å²) >= 11 is 0. The average Bonchev–Trinajstić information content (AvgIpc) is 3.23. The van der Waals surface area contributed by atoms with Crippen LogP contribution in [-0.2, 0) is 14.4 Å². The molecule has 4 rings (SSSR count). The standard InChI is InChI=1S/C33H47N5O3/c1-23(2)29(35-31(39)24(3)34)33(41)38-21-13-20-37(27-18-11-6-12-19-27)22-28(38)32(40)36-30(25-14-7-4-8-15-25)26-16-9-5-10-17-26/h4-5,7-10,14-17,23-24,27-30H,6,11-13,18-22,34H2,1-3H3,(H,35,39)(H,36,40)/t24-,28?,29-/m0/s1. The van der Waals surface area contributed by atoms with Gasteiger partial charge in [0.25, 0.3) is 0 Å². The Bertz CT molecular complexity index is 1090. The maximum absolute atomic E-state index is 14.3. The maximum atomic E-state index is 14.3. The summed E-state index contributed by atoms with van der Waals surface area (Å²) in [5.74, 6) is -0.937. The smallest absolute Gasteiger partial charge is 0.246 e. The molecule has 1 aliphatic heterocycles. The molecule has 0 aromatic heterocycles. The molecule has 0 radical (unpaired) electrons. The first kappa shape index (κ1) is 30.7. The molecule has 8 nitrogen and oxygen atoms in total. The van der Waals surface area contributed by atoms with Crippen LogP contribution in [0.15, 0.2) is 60.7 Å². The fraction of sp³-hybridized carbons (Fsp3) is 0.545. The number of carbonyl (C=O) groups excluding carboxylic acids is 3. The molecule has 3 amide bonds. The molecular weight excluding hydrogens is 514 g/mol. The van der Waals surface area contributed by atoms with Gasteiger partial charge in [-0.25, -0.2) is 0 Å². The van der Waals surface area contributed by atoms with Crippen LogP contribution in [0.2, 0.25) is 0 Å². The molecule has 1 heterocycles. The number of carbonyl (C=O) groups is 3. The molecule has 1 saturated carbocycles. The lowest BCUT2D eigenvalue weighted by Gasteiger charge is -2.38. The van der Waals surface area contributed by atoms with Gasteiger partial charge in [-0.05, 0) is 43.2 Å². The predicted molar refractivity (Wildman–Crippen MR) is 162 cm³/mol. The number of nitrogens with zero attached hydrogens (tertiary/aromatic N) is 2. The Kier molecular flexibility index (Phi) is 10.9. The second kappa shape index (κ2) is 14.6. The van der Waals surface area contributed by atoms with E-state index < -0.39 is 18.1 Å². The first-order chi connectivity index (χ1) is 19.8. The number of benzene rings is 2. The molecule has 4 N–H and O–H groups in total. The molecule has 0 bridgehead atoms. The molecule has 1 unspecified atom stereocenters. The van der Waals surface area contributed by atoms with Gasteiger partial charge in [0, 0.05) is 25.7 Å². The van der Waals surface area contributed by atoms with Crippen molar-refractivity contribution in [3.8, 4) is 0 Å². The van der Waals surface area contributed by atoms with E-state index in [-0.39, 0.29) is 29.7 Å². The molecule has 1 saturated heterocycles. The van der Waals surface area contributed by atoms with Crippen molar-refractivity contribution in [1.82, 2.24) is 20.4 Å². The van der Waals surface area contributed by atoms with Gasteiger partial charge in [0.2, 0.25) is 17.7 Å². The maximum Gasteiger partial charge on any atom is 0.246 e. The van der Waals surface area contributed by atoms with E-state index in [1.807, 2.05) is 74.5 Å². The zero-order chi connectivity index (χ0) is 29.4. The Hall–Kier alpha value is -3.23. The van der Waals surface area contributed by atoms with Gasteiger partial charge < -0.3 is 21.3 Å². The van der Waals surface area contributed by atoms with Gasteiger partial charge in [-0.1, -0.05) is 93.8 Å². The van der Waals surface area contributed by atoms with E-state index in [9.17, 15) is 14.4 Å². The van der Waals surface area contributed by atoms with Crippen LogP contribution in [0.5, 0.6) is 0 Å². The fourth-order valence-corrected chi connectivity index (χ4v) is 6.14. The van der Waals surface area contributed by atoms with Crippen molar-refractivity contribution < 1.29 is 14.4 Å². The van der Waals surface area contributed by atoms with Gasteiger partial charge in [-0.15, -0.1) is 0 Å². The van der Waals surface area contributed by atoms with Gasteiger partial charge in [0.1, 0.15) is 12.1 Å². The third-order valence-corrected chi connectivity index (χ3v) is 8.50. The highest BCUT2D eigenvalue weighted by molar-refractivity contribution is 5.93. The van der Waals surface area contributed by atoms with E-state index in [0.29, 0.717) is 19.1 Å². The Balaban J connectivity index is 1.66. The normalized spacial score (nSPS) is 20.3. The van der Waals surface area contributed by atoms with Crippen LogP contribution in [-0.4, -0.2) is 71.3 Å². The van der Waals surface area contributed by atoms with Gasteiger partial charge in [-0.3, -0.25) is 19.3 Å². The van der Waals surface area contributed by atoms with Crippen molar-refractivity contribution >= 4 is 17.7 Å². The van der Waals surface area contributed by atoms with Gasteiger partial charge >= 0.3 is 0 Å². The van der Waals surface area contributed by atoms with Crippen LogP contribution in [0, 0.1) is 5.92 Å². The quantitative estimate of drug-likeness (QED) is 0.434. The molecular formula is C33H47N5O3. The molecule has 8 heteroatoms. The van der Waals surface area contributed by atoms with E-state index in [1.54, 1.807) is 11.8 Å². The van der Waals surface area contributed by atoms with Crippen molar-refractivity contribution in [3.05, 3.63) is 71.8 Å². The van der Waals surface area contributed by atoms with E-state index in [0.717, 1.165) is 36.9 Å². The summed E-state index contributed by atoms with van der Waals surface area (Å²) in [6.07, 6.45) is 6.67. The summed E-state index contributed by atoms with van der Waals surface area (Å²) in [6, 6.07) is 17.8. The number of hydrogen-bond acceptors (Lipinski definition) is 5. The Morgan fingerprint density at radius 1 is 0.805 bits per heavy atom.